The number of ether oxygens (including phenoxy) is 2. The van der Waals surface area contributed by atoms with Gasteiger partial charge in [0.15, 0.2) is 0 Å². The zero-order valence-electron chi connectivity index (χ0n) is 17.2. The fraction of sp³-hybridized carbons (Fsp3) is 0.333. The first-order valence-electron chi connectivity index (χ1n) is 10.2. The average Bonchev–Trinajstić information content (AvgIpc) is 3.03. The van der Waals surface area contributed by atoms with Gasteiger partial charge in [0.05, 0.1) is 25.3 Å². The molecule has 1 amide bonds. The number of Topliss-reactive ketones (excluding diaryl/α,β-unsaturated/α-hetero) is 1. The Morgan fingerprint density at radius 1 is 1.20 bits per heavy atom. The number of aliphatic hydroxyl groups is 1. The summed E-state index contributed by atoms with van der Waals surface area (Å²) in [6.07, 6.45) is 2.46. The van der Waals surface area contributed by atoms with Crippen molar-refractivity contribution >= 4 is 17.4 Å². The van der Waals surface area contributed by atoms with Crippen LogP contribution in [-0.2, 0) is 16.0 Å². The zero-order chi connectivity index (χ0) is 21.3. The Morgan fingerprint density at radius 2 is 1.97 bits per heavy atom. The summed E-state index contributed by atoms with van der Waals surface area (Å²) in [7, 11) is 1.58. The summed E-state index contributed by atoms with van der Waals surface area (Å²) in [5, 5.41) is 11.1. The van der Waals surface area contributed by atoms with Gasteiger partial charge in [-0.3, -0.25) is 9.59 Å². The number of ketones is 1. The van der Waals surface area contributed by atoms with Crippen molar-refractivity contribution in [2.75, 3.05) is 20.3 Å². The van der Waals surface area contributed by atoms with Gasteiger partial charge in [-0.25, -0.2) is 0 Å². The lowest BCUT2D eigenvalue weighted by atomic mass is 9.94. The van der Waals surface area contributed by atoms with E-state index in [1.54, 1.807) is 25.3 Å². The van der Waals surface area contributed by atoms with Crippen molar-refractivity contribution in [3.05, 3.63) is 64.7 Å². The first-order chi connectivity index (χ1) is 14.5. The van der Waals surface area contributed by atoms with Crippen LogP contribution in [0.1, 0.15) is 42.5 Å². The predicted octanol–water partition coefficient (Wildman–Crippen LogP) is 3.85. The molecule has 1 fully saturated rings. The molecule has 1 atom stereocenters. The number of nitrogens with zero attached hydrogens (tertiary/aromatic N) is 1. The largest absolute Gasteiger partial charge is 0.507 e. The molecule has 0 spiro atoms. The molecule has 0 radical (unpaired) electrons. The summed E-state index contributed by atoms with van der Waals surface area (Å²) in [6, 6.07) is 12.0. The van der Waals surface area contributed by atoms with Crippen molar-refractivity contribution in [3.63, 3.8) is 0 Å². The van der Waals surface area contributed by atoms with Crippen molar-refractivity contribution in [1.29, 1.82) is 0 Å². The number of aryl methyl sites for hydroxylation is 1. The zero-order valence-corrected chi connectivity index (χ0v) is 17.2. The molecule has 6 nitrogen and oxygen atoms in total. The first-order valence-corrected chi connectivity index (χ1v) is 10.2. The van der Waals surface area contributed by atoms with E-state index >= 15 is 0 Å². The van der Waals surface area contributed by atoms with E-state index in [1.165, 1.54) is 4.90 Å². The third kappa shape index (κ3) is 3.43. The first kappa shape index (κ1) is 20.0. The molecule has 1 unspecified atom stereocenters. The van der Waals surface area contributed by atoms with Crippen LogP contribution < -0.4 is 9.47 Å². The highest BCUT2D eigenvalue weighted by molar-refractivity contribution is 6.46. The molecule has 1 saturated heterocycles. The summed E-state index contributed by atoms with van der Waals surface area (Å²) < 4.78 is 10.9. The molecule has 6 heteroatoms. The summed E-state index contributed by atoms with van der Waals surface area (Å²) >= 11 is 0. The molecule has 2 aromatic rings. The Bertz CT molecular complexity index is 1010. The van der Waals surface area contributed by atoms with Gasteiger partial charge in [-0.05, 0) is 60.7 Å². The van der Waals surface area contributed by atoms with E-state index in [4.69, 9.17) is 9.47 Å². The number of likely N-dealkylation sites (tertiary alicyclic amines) is 1. The molecule has 0 aliphatic carbocycles. The van der Waals surface area contributed by atoms with Crippen molar-refractivity contribution < 1.29 is 24.2 Å². The second-order valence-corrected chi connectivity index (χ2v) is 7.54. The maximum Gasteiger partial charge on any atom is 0.295 e. The smallest absolute Gasteiger partial charge is 0.295 e. The van der Waals surface area contributed by atoms with Gasteiger partial charge in [0, 0.05) is 12.1 Å². The highest BCUT2D eigenvalue weighted by Gasteiger charge is 2.45. The minimum atomic E-state index is -0.657. The van der Waals surface area contributed by atoms with Crippen LogP contribution in [0, 0.1) is 0 Å². The van der Waals surface area contributed by atoms with Crippen LogP contribution in [0.4, 0.5) is 0 Å². The molecule has 2 aliphatic rings. The molecule has 156 valence electrons. The number of carbonyl (C=O) groups excluding carboxylic acids is 2. The molecular formula is C24H25NO5. The quantitative estimate of drug-likeness (QED) is 0.463. The SMILES string of the molecule is CCCN1C(=O)C(=O)/C(=C(\O)c2ccc3c(c2)CCCO3)C1c1ccc(OC)cc1. The minimum absolute atomic E-state index is 0.121. The molecule has 0 aromatic heterocycles. The molecule has 2 aliphatic heterocycles. The average molecular weight is 407 g/mol. The maximum atomic E-state index is 12.9. The van der Waals surface area contributed by atoms with Gasteiger partial charge in [-0.15, -0.1) is 0 Å². The van der Waals surface area contributed by atoms with Gasteiger partial charge in [-0.1, -0.05) is 19.1 Å². The molecule has 2 heterocycles. The summed E-state index contributed by atoms with van der Waals surface area (Å²) in [5.74, 6) is 0.0919. The molecular weight excluding hydrogens is 382 g/mol. The number of fused-ring (bicyclic) bond motifs is 1. The number of carbonyl (C=O) groups is 2. The van der Waals surface area contributed by atoms with Crippen molar-refractivity contribution in [2.45, 2.75) is 32.2 Å². The van der Waals surface area contributed by atoms with Crippen LogP contribution in [0.2, 0.25) is 0 Å². The van der Waals surface area contributed by atoms with Crippen LogP contribution in [0.15, 0.2) is 48.0 Å². The molecule has 0 bridgehead atoms. The van der Waals surface area contributed by atoms with Crippen LogP contribution in [0.3, 0.4) is 0 Å². The predicted molar refractivity (Wildman–Crippen MR) is 113 cm³/mol. The Balaban J connectivity index is 1.83. The van der Waals surface area contributed by atoms with Crippen LogP contribution >= 0.6 is 0 Å². The Morgan fingerprint density at radius 3 is 2.67 bits per heavy atom. The maximum absolute atomic E-state index is 12.9. The second kappa shape index (κ2) is 8.22. The van der Waals surface area contributed by atoms with E-state index in [2.05, 4.69) is 0 Å². The number of benzene rings is 2. The summed E-state index contributed by atoms with van der Waals surface area (Å²) in [5.41, 5.74) is 2.39. The Kier molecular flexibility index (Phi) is 5.48. The highest BCUT2D eigenvalue weighted by atomic mass is 16.5. The number of methoxy groups -OCH3 is 1. The molecule has 0 saturated carbocycles. The molecule has 2 aromatic carbocycles. The second-order valence-electron chi connectivity index (χ2n) is 7.54. The van der Waals surface area contributed by atoms with Gasteiger partial charge in [0.25, 0.3) is 11.7 Å². The number of hydrogen-bond acceptors (Lipinski definition) is 5. The van der Waals surface area contributed by atoms with Crippen LogP contribution in [0.25, 0.3) is 5.76 Å². The molecule has 30 heavy (non-hydrogen) atoms. The van der Waals surface area contributed by atoms with Gasteiger partial charge < -0.3 is 19.5 Å². The third-order valence-corrected chi connectivity index (χ3v) is 5.62. The third-order valence-electron chi connectivity index (χ3n) is 5.62. The number of amides is 1. The van der Waals surface area contributed by atoms with E-state index in [0.717, 1.165) is 29.7 Å². The standard InChI is InChI=1S/C24H25NO5/c1-3-12-25-21(15-6-9-18(29-2)10-7-15)20(23(27)24(25)28)22(26)17-8-11-19-16(14-17)5-4-13-30-19/h6-11,14,21,26H,3-5,12-13H2,1-2H3/b22-20-. The van der Waals surface area contributed by atoms with E-state index in [9.17, 15) is 14.7 Å². The van der Waals surface area contributed by atoms with Gasteiger partial charge in [0.2, 0.25) is 0 Å². The van der Waals surface area contributed by atoms with Crippen LogP contribution in [-0.4, -0.2) is 42.0 Å². The van der Waals surface area contributed by atoms with Crippen molar-refractivity contribution in [2.24, 2.45) is 0 Å². The monoisotopic (exact) mass is 407 g/mol. The fourth-order valence-corrected chi connectivity index (χ4v) is 4.15. The fourth-order valence-electron chi connectivity index (χ4n) is 4.15. The summed E-state index contributed by atoms with van der Waals surface area (Å²) in [6.45, 7) is 3.06. The van der Waals surface area contributed by atoms with Gasteiger partial charge in [0.1, 0.15) is 17.3 Å². The Labute approximate surface area is 175 Å². The lowest BCUT2D eigenvalue weighted by Crippen LogP contribution is -2.30. The lowest BCUT2D eigenvalue weighted by molar-refractivity contribution is -0.139. The van der Waals surface area contributed by atoms with E-state index < -0.39 is 17.7 Å². The van der Waals surface area contributed by atoms with Crippen molar-refractivity contribution in [1.82, 2.24) is 4.90 Å². The van der Waals surface area contributed by atoms with E-state index in [1.807, 2.05) is 31.2 Å². The summed E-state index contributed by atoms with van der Waals surface area (Å²) in [4.78, 5) is 27.2. The van der Waals surface area contributed by atoms with E-state index in [-0.39, 0.29) is 11.3 Å². The van der Waals surface area contributed by atoms with Crippen molar-refractivity contribution in [3.8, 4) is 11.5 Å². The normalized spacial score (nSPS) is 20.1. The molecule has 4 rings (SSSR count). The Hall–Kier alpha value is -3.28. The minimum Gasteiger partial charge on any atom is -0.507 e. The number of hydrogen-bond donors (Lipinski definition) is 1. The number of rotatable bonds is 5. The van der Waals surface area contributed by atoms with E-state index in [0.29, 0.717) is 30.9 Å². The number of aliphatic hydroxyl groups excluding tert-OH is 1. The van der Waals surface area contributed by atoms with Gasteiger partial charge in [-0.2, -0.15) is 0 Å². The highest BCUT2D eigenvalue weighted by Crippen LogP contribution is 2.40. The topological polar surface area (TPSA) is 76.1 Å². The van der Waals surface area contributed by atoms with Gasteiger partial charge >= 0.3 is 0 Å². The molecule has 1 N–H and O–H groups in total. The lowest BCUT2D eigenvalue weighted by Gasteiger charge is -2.25. The van der Waals surface area contributed by atoms with Crippen LogP contribution in [0.5, 0.6) is 11.5 Å².